The van der Waals surface area contributed by atoms with Crippen molar-refractivity contribution in [3.63, 3.8) is 0 Å². The highest BCUT2D eigenvalue weighted by Crippen LogP contribution is 2.25. The molecule has 0 atom stereocenters. The van der Waals surface area contributed by atoms with Crippen LogP contribution in [0, 0.1) is 13.8 Å². The van der Waals surface area contributed by atoms with Gasteiger partial charge in [0.05, 0.1) is 0 Å². The van der Waals surface area contributed by atoms with Gasteiger partial charge in [0.1, 0.15) is 6.29 Å². The van der Waals surface area contributed by atoms with Crippen molar-refractivity contribution >= 4 is 16.7 Å². The van der Waals surface area contributed by atoms with E-state index in [0.29, 0.717) is 23.0 Å². The first-order valence-corrected chi connectivity index (χ1v) is 5.43. The van der Waals surface area contributed by atoms with Crippen LogP contribution in [0.5, 0.6) is 5.75 Å². The van der Waals surface area contributed by atoms with Gasteiger partial charge in [-0.1, -0.05) is 0 Å². The number of hydrogen-bond acceptors (Lipinski definition) is 4. The van der Waals surface area contributed by atoms with E-state index in [1.54, 1.807) is 13.8 Å². The summed E-state index contributed by atoms with van der Waals surface area (Å²) in [6.07, 6.45) is 0.650. The van der Waals surface area contributed by atoms with Crippen LogP contribution < -0.4 is 4.18 Å². The molecule has 0 spiro atoms. The summed E-state index contributed by atoms with van der Waals surface area (Å²) in [6, 6.07) is 2.95. The average molecular weight is 230 g/mol. The highest BCUT2D eigenvalue weighted by atomic mass is 32.3. The molecule has 0 aliphatic carbocycles. The van der Waals surface area contributed by atoms with Crippen LogP contribution in [0.15, 0.2) is 12.1 Å². The van der Waals surface area contributed by atoms with Gasteiger partial charge in [0, 0.05) is 5.56 Å². The first-order chi connectivity index (χ1) is 6.83. The molecule has 0 aliphatic heterocycles. The molecule has 1 aromatic rings. The van der Waals surface area contributed by atoms with Gasteiger partial charge >= 0.3 is 10.4 Å². The van der Waals surface area contributed by atoms with Gasteiger partial charge in [-0.15, -0.1) is 0 Å². The summed E-state index contributed by atoms with van der Waals surface area (Å²) in [4.78, 5) is 10.5. The zero-order chi connectivity index (χ0) is 11.6. The molecule has 0 aliphatic rings. The largest absolute Gasteiger partial charge is 0.446 e. The minimum absolute atomic E-state index is 0.0445. The maximum absolute atomic E-state index is 10.5. The molecule has 0 saturated carbocycles. The standard InChI is InChI=1S/C9H10O5S/c1-6-3-8(5-10)4-7(2)9(6)14-15(11,12)13/h3-5H,1-2H3,(H,11,12,13). The maximum atomic E-state index is 10.5. The number of carbonyl (C=O) groups is 1. The van der Waals surface area contributed by atoms with Gasteiger partial charge in [0.25, 0.3) is 0 Å². The van der Waals surface area contributed by atoms with Crippen molar-refractivity contribution in [3.05, 3.63) is 28.8 Å². The molecule has 0 amide bonds. The van der Waals surface area contributed by atoms with E-state index >= 15 is 0 Å². The third kappa shape index (κ3) is 3.03. The topological polar surface area (TPSA) is 80.7 Å². The second-order valence-corrected chi connectivity index (χ2v) is 4.13. The molecule has 0 aromatic heterocycles. The number of carbonyl (C=O) groups excluding carboxylic acids is 1. The molecule has 0 radical (unpaired) electrons. The Morgan fingerprint density at radius 3 is 2.07 bits per heavy atom. The molecule has 0 bridgehead atoms. The molecule has 82 valence electrons. The summed E-state index contributed by atoms with van der Waals surface area (Å²) in [6.45, 7) is 3.17. The lowest BCUT2D eigenvalue weighted by molar-refractivity contribution is 0.112. The van der Waals surface area contributed by atoms with Crippen molar-refractivity contribution in [3.8, 4) is 5.75 Å². The first-order valence-electron chi connectivity index (χ1n) is 4.07. The smallest absolute Gasteiger partial charge is 0.361 e. The van der Waals surface area contributed by atoms with Crippen molar-refractivity contribution in [2.45, 2.75) is 13.8 Å². The summed E-state index contributed by atoms with van der Waals surface area (Å²) in [5, 5.41) is 0. The SMILES string of the molecule is Cc1cc(C=O)cc(C)c1OS(=O)(=O)O. The van der Waals surface area contributed by atoms with E-state index in [2.05, 4.69) is 4.18 Å². The molecule has 6 heteroatoms. The summed E-state index contributed by atoms with van der Waals surface area (Å²) in [5.41, 5.74) is 1.36. The van der Waals surface area contributed by atoms with Crippen LogP contribution in [0.25, 0.3) is 0 Å². The Morgan fingerprint density at radius 1 is 1.27 bits per heavy atom. The second kappa shape index (κ2) is 4.00. The average Bonchev–Trinajstić information content (AvgIpc) is 2.09. The van der Waals surface area contributed by atoms with E-state index < -0.39 is 10.4 Å². The monoisotopic (exact) mass is 230 g/mol. The Morgan fingerprint density at radius 2 is 1.73 bits per heavy atom. The number of aldehydes is 1. The van der Waals surface area contributed by atoms with Crippen LogP contribution in [0.3, 0.4) is 0 Å². The summed E-state index contributed by atoms with van der Waals surface area (Å²) >= 11 is 0. The van der Waals surface area contributed by atoms with Crippen LogP contribution in [0.4, 0.5) is 0 Å². The first kappa shape index (κ1) is 11.7. The number of hydrogen-bond donors (Lipinski definition) is 1. The Balaban J connectivity index is 3.26. The summed E-state index contributed by atoms with van der Waals surface area (Å²) in [5.74, 6) is 0.0445. The van der Waals surface area contributed by atoms with E-state index in [-0.39, 0.29) is 5.75 Å². The minimum atomic E-state index is -4.53. The highest BCUT2D eigenvalue weighted by Gasteiger charge is 2.13. The van der Waals surface area contributed by atoms with Gasteiger partial charge in [0.15, 0.2) is 5.75 Å². The van der Waals surface area contributed by atoms with Crippen LogP contribution >= 0.6 is 0 Å². The summed E-state index contributed by atoms with van der Waals surface area (Å²) < 4.78 is 33.9. The van der Waals surface area contributed by atoms with E-state index in [0.717, 1.165) is 0 Å². The minimum Gasteiger partial charge on any atom is -0.361 e. The van der Waals surface area contributed by atoms with E-state index in [9.17, 15) is 13.2 Å². The highest BCUT2D eigenvalue weighted by molar-refractivity contribution is 7.81. The zero-order valence-corrected chi connectivity index (χ0v) is 9.04. The van der Waals surface area contributed by atoms with Crippen molar-refractivity contribution in [1.82, 2.24) is 0 Å². The Bertz CT molecular complexity index is 466. The lowest BCUT2D eigenvalue weighted by Gasteiger charge is -2.09. The molecule has 5 nitrogen and oxygen atoms in total. The van der Waals surface area contributed by atoms with E-state index in [1.165, 1.54) is 12.1 Å². The lowest BCUT2D eigenvalue weighted by atomic mass is 10.1. The predicted molar refractivity (Wildman–Crippen MR) is 53.5 cm³/mol. The maximum Gasteiger partial charge on any atom is 0.446 e. The third-order valence-corrected chi connectivity index (χ3v) is 2.18. The summed E-state index contributed by atoms with van der Waals surface area (Å²) in [7, 11) is -4.53. The number of aryl methyl sites for hydroxylation is 2. The third-order valence-electron chi connectivity index (χ3n) is 1.81. The van der Waals surface area contributed by atoms with Gasteiger partial charge in [-0.2, -0.15) is 8.42 Å². The molecule has 0 fully saturated rings. The Hall–Kier alpha value is -1.40. The van der Waals surface area contributed by atoms with Gasteiger partial charge < -0.3 is 4.18 Å². The molecular formula is C9H10O5S. The molecule has 0 saturated heterocycles. The fourth-order valence-corrected chi connectivity index (χ4v) is 1.76. The lowest BCUT2D eigenvalue weighted by Crippen LogP contribution is -2.09. The fraction of sp³-hybridized carbons (Fsp3) is 0.222. The fourth-order valence-electron chi connectivity index (χ4n) is 1.29. The quantitative estimate of drug-likeness (QED) is 0.625. The van der Waals surface area contributed by atoms with Gasteiger partial charge in [-0.3, -0.25) is 9.35 Å². The second-order valence-electron chi connectivity index (χ2n) is 3.11. The van der Waals surface area contributed by atoms with Gasteiger partial charge in [-0.05, 0) is 37.1 Å². The number of benzene rings is 1. The van der Waals surface area contributed by atoms with E-state index in [1.807, 2.05) is 0 Å². The van der Waals surface area contributed by atoms with Crippen LogP contribution in [0.2, 0.25) is 0 Å². The molecule has 1 aromatic carbocycles. The van der Waals surface area contributed by atoms with Gasteiger partial charge in [-0.25, -0.2) is 0 Å². The molecule has 1 rings (SSSR count). The Labute approximate surface area is 87.6 Å². The van der Waals surface area contributed by atoms with Crippen LogP contribution in [0.1, 0.15) is 21.5 Å². The van der Waals surface area contributed by atoms with Crippen molar-refractivity contribution in [2.75, 3.05) is 0 Å². The molecule has 0 unspecified atom stereocenters. The molecular weight excluding hydrogens is 220 g/mol. The molecule has 15 heavy (non-hydrogen) atoms. The van der Waals surface area contributed by atoms with Crippen LogP contribution in [-0.4, -0.2) is 19.3 Å². The normalized spacial score (nSPS) is 11.1. The van der Waals surface area contributed by atoms with E-state index in [4.69, 9.17) is 4.55 Å². The van der Waals surface area contributed by atoms with Crippen molar-refractivity contribution in [1.29, 1.82) is 0 Å². The van der Waals surface area contributed by atoms with Crippen molar-refractivity contribution in [2.24, 2.45) is 0 Å². The van der Waals surface area contributed by atoms with Gasteiger partial charge in [0.2, 0.25) is 0 Å². The predicted octanol–water partition coefficient (Wildman–Crippen LogP) is 1.30. The van der Waals surface area contributed by atoms with Crippen LogP contribution in [-0.2, 0) is 10.4 Å². The van der Waals surface area contributed by atoms with Crippen molar-refractivity contribution < 1.29 is 21.9 Å². The Kier molecular flexibility index (Phi) is 3.11. The zero-order valence-electron chi connectivity index (χ0n) is 8.22. The molecule has 1 N–H and O–H groups in total. The molecule has 0 heterocycles. The number of rotatable bonds is 3.